The number of nitro groups is 1. The maximum atomic E-state index is 13.4. The third kappa shape index (κ3) is 3.37. The van der Waals surface area contributed by atoms with Gasteiger partial charge in [-0.2, -0.15) is 4.39 Å². The average Bonchev–Trinajstić information content (AvgIpc) is 2.14. The summed E-state index contributed by atoms with van der Waals surface area (Å²) in [5, 5.41) is 19.8. The van der Waals surface area contributed by atoms with Gasteiger partial charge in [0.15, 0.2) is 0 Å². The SMILES string of the molecule is CC(C)(CO)Oc1cc(Br)cc(F)c1[N+](=O)[O-]. The van der Waals surface area contributed by atoms with E-state index < -0.39 is 22.0 Å². The third-order valence-electron chi connectivity index (χ3n) is 1.94. The lowest BCUT2D eigenvalue weighted by Crippen LogP contribution is -2.32. The van der Waals surface area contributed by atoms with E-state index in [0.29, 0.717) is 4.47 Å². The Hall–Kier alpha value is -1.21. The van der Waals surface area contributed by atoms with Gasteiger partial charge < -0.3 is 9.84 Å². The molecule has 0 bridgehead atoms. The summed E-state index contributed by atoms with van der Waals surface area (Å²) in [6.45, 7) is 2.73. The highest BCUT2D eigenvalue weighted by Gasteiger charge is 2.28. The maximum absolute atomic E-state index is 13.4. The molecule has 0 amide bonds. The zero-order valence-electron chi connectivity index (χ0n) is 9.24. The van der Waals surface area contributed by atoms with Crippen LogP contribution in [-0.2, 0) is 0 Å². The maximum Gasteiger partial charge on any atom is 0.346 e. The lowest BCUT2D eigenvalue weighted by molar-refractivity contribution is -0.389. The smallest absolute Gasteiger partial charge is 0.346 e. The number of aliphatic hydroxyl groups is 1. The van der Waals surface area contributed by atoms with Crippen molar-refractivity contribution < 1.29 is 19.2 Å². The summed E-state index contributed by atoms with van der Waals surface area (Å²) in [5.74, 6) is -1.21. The topological polar surface area (TPSA) is 72.6 Å². The molecule has 0 spiro atoms. The first-order valence-corrected chi connectivity index (χ1v) is 5.49. The Kier molecular flexibility index (Phi) is 4.05. The molecule has 0 aliphatic rings. The number of benzene rings is 1. The van der Waals surface area contributed by atoms with Crippen LogP contribution in [0.4, 0.5) is 10.1 Å². The Labute approximate surface area is 105 Å². The van der Waals surface area contributed by atoms with Crippen LogP contribution in [0.5, 0.6) is 5.75 Å². The van der Waals surface area contributed by atoms with E-state index in [2.05, 4.69) is 15.9 Å². The standard InChI is InChI=1S/C10H11BrFNO4/c1-10(2,5-14)17-8-4-6(11)3-7(12)9(8)13(15)16/h3-4,14H,5H2,1-2H3. The van der Waals surface area contributed by atoms with Crippen LogP contribution in [0.2, 0.25) is 0 Å². The van der Waals surface area contributed by atoms with Gasteiger partial charge in [-0.05, 0) is 19.9 Å². The van der Waals surface area contributed by atoms with Gasteiger partial charge in [0.2, 0.25) is 11.6 Å². The molecule has 94 valence electrons. The Morgan fingerprint density at radius 3 is 2.65 bits per heavy atom. The number of aliphatic hydroxyl groups excluding tert-OH is 1. The predicted molar refractivity (Wildman–Crippen MR) is 62.5 cm³/mol. The molecule has 0 radical (unpaired) electrons. The van der Waals surface area contributed by atoms with E-state index in [1.807, 2.05) is 0 Å². The van der Waals surface area contributed by atoms with Crippen molar-refractivity contribution in [3.8, 4) is 5.75 Å². The molecule has 1 rings (SSSR count). The number of rotatable bonds is 4. The fourth-order valence-corrected chi connectivity index (χ4v) is 1.54. The monoisotopic (exact) mass is 307 g/mol. The fourth-order valence-electron chi connectivity index (χ4n) is 1.13. The van der Waals surface area contributed by atoms with Gasteiger partial charge in [-0.3, -0.25) is 10.1 Å². The number of nitrogens with zero attached hydrogens (tertiary/aromatic N) is 1. The van der Waals surface area contributed by atoms with Gasteiger partial charge in [0.05, 0.1) is 11.5 Å². The van der Waals surface area contributed by atoms with E-state index in [-0.39, 0.29) is 12.4 Å². The molecule has 0 unspecified atom stereocenters. The molecule has 0 heterocycles. The second kappa shape index (κ2) is 4.97. The summed E-state index contributed by atoms with van der Waals surface area (Å²) in [6, 6.07) is 2.27. The summed E-state index contributed by atoms with van der Waals surface area (Å²) in [5.41, 5.74) is -1.77. The second-order valence-corrected chi connectivity index (χ2v) is 4.93. The first kappa shape index (κ1) is 13.9. The van der Waals surface area contributed by atoms with Crippen molar-refractivity contribution in [3.05, 3.63) is 32.5 Å². The molecule has 0 atom stereocenters. The van der Waals surface area contributed by atoms with E-state index in [1.165, 1.54) is 19.9 Å². The molecule has 17 heavy (non-hydrogen) atoms. The normalized spacial score (nSPS) is 11.4. The van der Waals surface area contributed by atoms with E-state index in [9.17, 15) is 14.5 Å². The molecule has 1 aromatic rings. The minimum atomic E-state index is -1.03. The van der Waals surface area contributed by atoms with Crippen molar-refractivity contribution in [3.63, 3.8) is 0 Å². The van der Waals surface area contributed by atoms with Crippen LogP contribution in [0.3, 0.4) is 0 Å². The Balaban J connectivity index is 3.26. The average molecular weight is 308 g/mol. The van der Waals surface area contributed by atoms with Crippen molar-refractivity contribution in [2.45, 2.75) is 19.4 Å². The van der Waals surface area contributed by atoms with Gasteiger partial charge in [0.25, 0.3) is 0 Å². The highest BCUT2D eigenvalue weighted by molar-refractivity contribution is 9.10. The van der Waals surface area contributed by atoms with Crippen LogP contribution in [0.1, 0.15) is 13.8 Å². The van der Waals surface area contributed by atoms with Crippen LogP contribution in [0.15, 0.2) is 16.6 Å². The Bertz CT molecular complexity index is 450. The first-order valence-electron chi connectivity index (χ1n) is 4.70. The molecule has 5 nitrogen and oxygen atoms in total. The van der Waals surface area contributed by atoms with Crippen LogP contribution in [0.25, 0.3) is 0 Å². The number of halogens is 2. The zero-order valence-corrected chi connectivity index (χ0v) is 10.8. The lowest BCUT2D eigenvalue weighted by atomic mass is 10.1. The quantitative estimate of drug-likeness (QED) is 0.685. The van der Waals surface area contributed by atoms with Crippen LogP contribution in [0, 0.1) is 15.9 Å². The van der Waals surface area contributed by atoms with Crippen LogP contribution >= 0.6 is 15.9 Å². The van der Waals surface area contributed by atoms with E-state index >= 15 is 0 Å². The minimum Gasteiger partial charge on any atom is -0.478 e. The first-order chi connectivity index (χ1) is 7.76. The minimum absolute atomic E-state index is 0.221. The van der Waals surface area contributed by atoms with Crippen molar-refractivity contribution >= 4 is 21.6 Å². The molecule has 0 aliphatic heterocycles. The van der Waals surface area contributed by atoms with Gasteiger partial charge in [-0.25, -0.2) is 0 Å². The molecule has 1 aromatic carbocycles. The largest absolute Gasteiger partial charge is 0.478 e. The van der Waals surface area contributed by atoms with Gasteiger partial charge in [0.1, 0.15) is 5.60 Å². The van der Waals surface area contributed by atoms with E-state index in [4.69, 9.17) is 9.84 Å². The number of hydrogen-bond acceptors (Lipinski definition) is 4. The molecule has 7 heteroatoms. The fraction of sp³-hybridized carbons (Fsp3) is 0.400. The Morgan fingerprint density at radius 1 is 1.59 bits per heavy atom. The molecule has 0 aliphatic carbocycles. The highest BCUT2D eigenvalue weighted by atomic mass is 79.9. The molecule has 0 saturated heterocycles. The van der Waals surface area contributed by atoms with Gasteiger partial charge in [-0.1, -0.05) is 15.9 Å². The number of hydrogen-bond donors (Lipinski definition) is 1. The molecular formula is C10H11BrFNO4. The molecule has 0 fully saturated rings. The van der Waals surface area contributed by atoms with E-state index in [1.54, 1.807) is 0 Å². The van der Waals surface area contributed by atoms with Gasteiger partial charge in [-0.15, -0.1) is 0 Å². The van der Waals surface area contributed by atoms with Gasteiger partial charge >= 0.3 is 5.69 Å². The van der Waals surface area contributed by atoms with Crippen LogP contribution < -0.4 is 4.74 Å². The predicted octanol–water partition coefficient (Wildman–Crippen LogP) is 2.65. The molecular weight excluding hydrogens is 297 g/mol. The highest BCUT2D eigenvalue weighted by Crippen LogP contribution is 2.35. The van der Waals surface area contributed by atoms with Crippen LogP contribution in [-0.4, -0.2) is 22.2 Å². The molecule has 0 saturated carbocycles. The number of ether oxygens (including phenoxy) is 1. The Morgan fingerprint density at radius 2 is 2.18 bits per heavy atom. The van der Waals surface area contributed by atoms with E-state index in [0.717, 1.165) is 6.07 Å². The van der Waals surface area contributed by atoms with Crippen molar-refractivity contribution in [2.24, 2.45) is 0 Å². The lowest BCUT2D eigenvalue weighted by Gasteiger charge is -2.23. The summed E-state index contributed by atoms with van der Waals surface area (Å²) in [6.07, 6.45) is 0. The second-order valence-electron chi connectivity index (χ2n) is 4.01. The summed E-state index contributed by atoms with van der Waals surface area (Å²) < 4.78 is 19.0. The summed E-state index contributed by atoms with van der Waals surface area (Å²) >= 11 is 3.02. The molecule has 0 aromatic heterocycles. The number of nitro benzene ring substituents is 1. The van der Waals surface area contributed by atoms with Crippen molar-refractivity contribution in [2.75, 3.05) is 6.61 Å². The van der Waals surface area contributed by atoms with Crippen molar-refractivity contribution in [1.29, 1.82) is 0 Å². The zero-order chi connectivity index (χ0) is 13.2. The van der Waals surface area contributed by atoms with Gasteiger partial charge in [0, 0.05) is 10.5 Å². The third-order valence-corrected chi connectivity index (χ3v) is 2.40. The van der Waals surface area contributed by atoms with Crippen molar-refractivity contribution in [1.82, 2.24) is 0 Å². The summed E-state index contributed by atoms with van der Waals surface area (Å²) in [4.78, 5) is 9.88. The summed E-state index contributed by atoms with van der Waals surface area (Å²) in [7, 11) is 0. The molecule has 1 N–H and O–H groups in total.